The molecule has 2 N–H and O–H groups in total. The van der Waals surface area contributed by atoms with E-state index in [4.69, 9.17) is 0 Å². The predicted molar refractivity (Wildman–Crippen MR) is 140 cm³/mol. The number of carbonyl (C=O) groups is 1. The standard InChI is InChI=1S/C29H28N4O2/c1-20-9-7-13-23-28(20)32-19-33(29(23)35)16-8-15-27(34)31-17-24(21-10-3-2-4-11-21)25-18-30-26-14-6-5-12-22(25)26/h2-7,9-14,18-19,24,30H,8,15-17H2,1H3,(H,31,34). The number of nitrogens with zero attached hydrogens (tertiary/aromatic N) is 2. The number of benzene rings is 3. The van der Waals surface area contributed by atoms with E-state index >= 15 is 0 Å². The summed E-state index contributed by atoms with van der Waals surface area (Å²) in [5, 5.41) is 4.89. The number of rotatable bonds is 8. The smallest absolute Gasteiger partial charge is 0.261 e. The summed E-state index contributed by atoms with van der Waals surface area (Å²) in [5.41, 5.74) is 5.05. The van der Waals surface area contributed by atoms with Gasteiger partial charge in [-0.15, -0.1) is 0 Å². The molecule has 0 spiro atoms. The topological polar surface area (TPSA) is 79.8 Å². The van der Waals surface area contributed by atoms with E-state index in [2.05, 4.69) is 39.6 Å². The van der Waals surface area contributed by atoms with Gasteiger partial charge in [-0.25, -0.2) is 4.98 Å². The summed E-state index contributed by atoms with van der Waals surface area (Å²) in [6.07, 6.45) is 4.52. The number of nitrogens with one attached hydrogen (secondary N) is 2. The number of hydrogen-bond donors (Lipinski definition) is 2. The Morgan fingerprint density at radius 2 is 1.77 bits per heavy atom. The summed E-state index contributed by atoms with van der Waals surface area (Å²) in [4.78, 5) is 33.3. The molecule has 2 heterocycles. The zero-order valence-electron chi connectivity index (χ0n) is 19.7. The van der Waals surface area contributed by atoms with Crippen LogP contribution in [0, 0.1) is 6.92 Å². The molecule has 0 saturated heterocycles. The van der Waals surface area contributed by atoms with Crippen molar-refractivity contribution in [3.8, 4) is 0 Å². The van der Waals surface area contributed by atoms with Crippen molar-refractivity contribution in [1.82, 2.24) is 19.9 Å². The lowest BCUT2D eigenvalue weighted by Crippen LogP contribution is -2.29. The fourth-order valence-electron chi connectivity index (χ4n) is 4.69. The van der Waals surface area contributed by atoms with E-state index in [9.17, 15) is 9.59 Å². The molecule has 5 aromatic rings. The van der Waals surface area contributed by atoms with Crippen LogP contribution in [0.3, 0.4) is 0 Å². The van der Waals surface area contributed by atoms with Crippen LogP contribution in [0.5, 0.6) is 0 Å². The van der Waals surface area contributed by atoms with Crippen molar-refractivity contribution in [2.24, 2.45) is 0 Å². The first-order chi connectivity index (χ1) is 17.1. The maximum Gasteiger partial charge on any atom is 0.261 e. The molecule has 0 saturated carbocycles. The number of carbonyl (C=O) groups excluding carboxylic acids is 1. The predicted octanol–water partition coefficient (Wildman–Crippen LogP) is 4.91. The van der Waals surface area contributed by atoms with E-state index in [1.54, 1.807) is 17.0 Å². The average Bonchev–Trinajstić information content (AvgIpc) is 3.31. The molecule has 0 fully saturated rings. The molecule has 176 valence electrons. The highest BCUT2D eigenvalue weighted by Gasteiger charge is 2.19. The minimum Gasteiger partial charge on any atom is -0.361 e. The third-order valence-electron chi connectivity index (χ3n) is 6.56. The highest BCUT2D eigenvalue weighted by molar-refractivity contribution is 5.84. The van der Waals surface area contributed by atoms with E-state index in [-0.39, 0.29) is 17.4 Å². The number of fused-ring (bicyclic) bond motifs is 2. The highest BCUT2D eigenvalue weighted by Crippen LogP contribution is 2.30. The molecule has 0 aliphatic carbocycles. The van der Waals surface area contributed by atoms with Crippen molar-refractivity contribution in [3.05, 3.63) is 112 Å². The molecule has 1 amide bonds. The Balaban J connectivity index is 1.25. The molecule has 2 aromatic heterocycles. The first-order valence-electron chi connectivity index (χ1n) is 11.9. The number of aromatic nitrogens is 3. The Morgan fingerprint density at radius 3 is 2.63 bits per heavy atom. The normalized spacial score (nSPS) is 12.1. The van der Waals surface area contributed by atoms with Crippen LogP contribution in [-0.4, -0.2) is 27.0 Å². The first-order valence-corrected chi connectivity index (χ1v) is 11.9. The van der Waals surface area contributed by atoms with Crippen LogP contribution in [0.4, 0.5) is 0 Å². The number of aryl methyl sites for hydroxylation is 2. The van der Waals surface area contributed by atoms with Gasteiger partial charge in [0.15, 0.2) is 0 Å². The minimum absolute atomic E-state index is 0.0246. The Morgan fingerprint density at radius 1 is 1.00 bits per heavy atom. The lowest BCUT2D eigenvalue weighted by molar-refractivity contribution is -0.121. The summed E-state index contributed by atoms with van der Waals surface area (Å²) < 4.78 is 1.59. The molecule has 0 radical (unpaired) electrons. The molecule has 3 aromatic carbocycles. The van der Waals surface area contributed by atoms with Crippen molar-refractivity contribution in [2.75, 3.05) is 6.54 Å². The van der Waals surface area contributed by atoms with Crippen LogP contribution in [0.25, 0.3) is 21.8 Å². The SMILES string of the molecule is Cc1cccc2c(=O)n(CCCC(=O)NCC(c3ccccc3)c3c[nH]c4ccccc34)cnc12. The Hall–Kier alpha value is -4.19. The van der Waals surface area contributed by atoms with Crippen molar-refractivity contribution in [2.45, 2.75) is 32.2 Å². The van der Waals surface area contributed by atoms with Gasteiger partial charge in [-0.2, -0.15) is 0 Å². The van der Waals surface area contributed by atoms with Gasteiger partial charge in [0, 0.05) is 42.5 Å². The van der Waals surface area contributed by atoms with Crippen molar-refractivity contribution in [1.29, 1.82) is 0 Å². The van der Waals surface area contributed by atoms with E-state index in [1.807, 2.05) is 55.6 Å². The van der Waals surface area contributed by atoms with Gasteiger partial charge in [0.2, 0.25) is 5.91 Å². The Bertz CT molecular complexity index is 1540. The number of hydrogen-bond acceptors (Lipinski definition) is 3. The summed E-state index contributed by atoms with van der Waals surface area (Å²) in [6.45, 7) is 2.90. The second-order valence-corrected chi connectivity index (χ2v) is 8.87. The number of para-hydroxylation sites is 2. The van der Waals surface area contributed by atoms with E-state index in [0.29, 0.717) is 31.3 Å². The average molecular weight is 465 g/mol. The molecule has 6 nitrogen and oxygen atoms in total. The quantitative estimate of drug-likeness (QED) is 0.342. The van der Waals surface area contributed by atoms with Crippen LogP contribution in [-0.2, 0) is 11.3 Å². The van der Waals surface area contributed by atoms with Crippen LogP contribution in [0.1, 0.15) is 35.4 Å². The van der Waals surface area contributed by atoms with E-state index < -0.39 is 0 Å². The third kappa shape index (κ3) is 4.73. The van der Waals surface area contributed by atoms with Gasteiger partial charge in [-0.1, -0.05) is 60.7 Å². The number of aromatic amines is 1. The summed E-state index contributed by atoms with van der Waals surface area (Å²) >= 11 is 0. The molecular weight excluding hydrogens is 436 g/mol. The van der Waals surface area contributed by atoms with Crippen LogP contribution < -0.4 is 10.9 Å². The lowest BCUT2D eigenvalue weighted by atomic mass is 9.91. The first kappa shape index (κ1) is 22.6. The zero-order valence-corrected chi connectivity index (χ0v) is 19.7. The molecule has 1 unspecified atom stereocenters. The van der Waals surface area contributed by atoms with Gasteiger partial charge >= 0.3 is 0 Å². The fourth-order valence-corrected chi connectivity index (χ4v) is 4.69. The highest BCUT2D eigenvalue weighted by atomic mass is 16.1. The van der Waals surface area contributed by atoms with Gasteiger partial charge in [-0.3, -0.25) is 14.2 Å². The molecular formula is C29H28N4O2. The molecule has 6 heteroatoms. The van der Waals surface area contributed by atoms with Gasteiger partial charge in [0.25, 0.3) is 5.56 Å². The number of amides is 1. The van der Waals surface area contributed by atoms with Gasteiger partial charge in [0.05, 0.1) is 17.2 Å². The van der Waals surface area contributed by atoms with Crippen molar-refractivity contribution in [3.63, 3.8) is 0 Å². The van der Waals surface area contributed by atoms with Crippen molar-refractivity contribution < 1.29 is 4.79 Å². The summed E-state index contributed by atoms with van der Waals surface area (Å²) in [5.74, 6) is 0.00950. The lowest BCUT2D eigenvalue weighted by Gasteiger charge is -2.18. The second kappa shape index (κ2) is 9.97. The number of H-pyrrole nitrogens is 1. The van der Waals surface area contributed by atoms with Gasteiger partial charge in [-0.05, 0) is 42.2 Å². The molecule has 5 rings (SSSR count). The summed E-state index contributed by atoms with van der Waals surface area (Å²) in [7, 11) is 0. The molecule has 0 aliphatic heterocycles. The molecule has 35 heavy (non-hydrogen) atoms. The van der Waals surface area contributed by atoms with Crippen LogP contribution in [0.15, 0.2) is 90.1 Å². The van der Waals surface area contributed by atoms with Crippen LogP contribution >= 0.6 is 0 Å². The fraction of sp³-hybridized carbons (Fsp3) is 0.207. The zero-order chi connectivity index (χ0) is 24.2. The molecule has 0 bridgehead atoms. The molecule has 0 aliphatic rings. The maximum absolute atomic E-state index is 12.8. The van der Waals surface area contributed by atoms with Gasteiger partial charge in [0.1, 0.15) is 0 Å². The van der Waals surface area contributed by atoms with E-state index in [0.717, 1.165) is 33.1 Å². The maximum atomic E-state index is 12.8. The largest absolute Gasteiger partial charge is 0.361 e. The van der Waals surface area contributed by atoms with Gasteiger partial charge < -0.3 is 10.3 Å². The van der Waals surface area contributed by atoms with Crippen molar-refractivity contribution >= 4 is 27.7 Å². The van der Waals surface area contributed by atoms with Crippen LogP contribution in [0.2, 0.25) is 0 Å². The Labute approximate surface area is 203 Å². The van der Waals surface area contributed by atoms with E-state index in [1.165, 1.54) is 0 Å². The molecule has 1 atom stereocenters. The monoisotopic (exact) mass is 464 g/mol. The Kier molecular flexibility index (Phi) is 6.44. The minimum atomic E-state index is -0.0671. The second-order valence-electron chi connectivity index (χ2n) is 8.87. The summed E-state index contributed by atoms with van der Waals surface area (Å²) in [6, 6.07) is 24.1. The third-order valence-corrected chi connectivity index (χ3v) is 6.56.